The fourth-order valence-electron chi connectivity index (χ4n) is 12.8. The summed E-state index contributed by atoms with van der Waals surface area (Å²) in [7, 11) is -9.92. The topological polar surface area (TPSA) is 237 Å². The highest BCUT2D eigenvalue weighted by Gasteiger charge is 2.30. The quantitative estimate of drug-likeness (QED) is 0.0222. The van der Waals surface area contributed by atoms with Crippen LogP contribution < -0.4 is 0 Å². The fourth-order valence-corrected chi connectivity index (χ4v) is 14.3. The second-order valence-corrected chi connectivity index (χ2v) is 34.4. The van der Waals surface area contributed by atoms with E-state index in [0.717, 1.165) is 114 Å². The smallest absolute Gasteiger partial charge is 0.462 e. The third kappa shape index (κ3) is 74.9. The van der Waals surface area contributed by atoms with Crippen LogP contribution in [0.3, 0.4) is 0 Å². The second-order valence-electron chi connectivity index (χ2n) is 31.5. The molecule has 102 heavy (non-hydrogen) atoms. The van der Waals surface area contributed by atoms with Crippen molar-refractivity contribution >= 4 is 39.5 Å². The average Bonchev–Trinajstić information content (AvgIpc) is 0.916. The van der Waals surface area contributed by atoms with Crippen molar-refractivity contribution in [2.45, 2.75) is 446 Å². The molecule has 17 nitrogen and oxygen atoms in total. The minimum atomic E-state index is -4.96. The Morgan fingerprint density at radius 1 is 0.275 bits per heavy atom. The predicted octanol–water partition coefficient (Wildman–Crippen LogP) is 24.8. The predicted molar refractivity (Wildman–Crippen MR) is 418 cm³/mol. The molecule has 0 aliphatic heterocycles. The molecule has 0 spiro atoms. The zero-order valence-electron chi connectivity index (χ0n) is 67.2. The molecule has 0 aromatic carbocycles. The minimum absolute atomic E-state index is 0.104. The van der Waals surface area contributed by atoms with Gasteiger partial charge in [0.2, 0.25) is 0 Å². The Bertz CT molecular complexity index is 1990. The van der Waals surface area contributed by atoms with Gasteiger partial charge in [0.15, 0.2) is 12.2 Å². The van der Waals surface area contributed by atoms with Crippen LogP contribution in [0.5, 0.6) is 0 Å². The summed E-state index contributed by atoms with van der Waals surface area (Å²) in [4.78, 5) is 73.1. The molecule has 4 unspecified atom stereocenters. The molecular formula is C83H162O17P2. The first kappa shape index (κ1) is 100. The van der Waals surface area contributed by atoms with Crippen LogP contribution >= 0.6 is 15.6 Å². The van der Waals surface area contributed by atoms with E-state index in [2.05, 4.69) is 55.4 Å². The number of hydrogen-bond donors (Lipinski definition) is 3. The number of rotatable bonds is 80. The van der Waals surface area contributed by atoms with Gasteiger partial charge in [-0.15, -0.1) is 0 Å². The van der Waals surface area contributed by atoms with Crippen LogP contribution in [0.4, 0.5) is 0 Å². The van der Waals surface area contributed by atoms with Crippen molar-refractivity contribution in [1.29, 1.82) is 0 Å². The molecule has 0 radical (unpaired) electrons. The number of aliphatic hydroxyl groups is 1. The van der Waals surface area contributed by atoms with Crippen molar-refractivity contribution in [2.75, 3.05) is 39.6 Å². The highest BCUT2D eigenvalue weighted by atomic mass is 31.2. The number of hydrogen-bond acceptors (Lipinski definition) is 15. The van der Waals surface area contributed by atoms with E-state index in [1.165, 1.54) is 231 Å². The van der Waals surface area contributed by atoms with Crippen LogP contribution in [0.15, 0.2) is 0 Å². The lowest BCUT2D eigenvalue weighted by Gasteiger charge is -2.21. The first-order valence-corrected chi connectivity index (χ1v) is 45.7. The first-order valence-electron chi connectivity index (χ1n) is 42.7. The highest BCUT2D eigenvalue weighted by molar-refractivity contribution is 7.47. The van der Waals surface area contributed by atoms with Crippen molar-refractivity contribution in [2.24, 2.45) is 23.7 Å². The summed E-state index contributed by atoms with van der Waals surface area (Å²) in [6, 6.07) is 0. The van der Waals surface area contributed by atoms with Crippen molar-refractivity contribution in [3.8, 4) is 0 Å². The van der Waals surface area contributed by atoms with Gasteiger partial charge in [-0.25, -0.2) is 9.13 Å². The summed E-state index contributed by atoms with van der Waals surface area (Å²) in [5, 5.41) is 10.6. The number of phosphoric ester groups is 2. The Morgan fingerprint density at radius 2 is 0.471 bits per heavy atom. The van der Waals surface area contributed by atoms with Crippen molar-refractivity contribution in [3.05, 3.63) is 0 Å². The lowest BCUT2D eigenvalue weighted by Crippen LogP contribution is -2.30. The van der Waals surface area contributed by atoms with Gasteiger partial charge in [-0.3, -0.25) is 37.3 Å². The van der Waals surface area contributed by atoms with E-state index in [9.17, 15) is 43.2 Å². The molecule has 0 aliphatic carbocycles. The van der Waals surface area contributed by atoms with Crippen LogP contribution in [0.1, 0.15) is 428 Å². The molecule has 0 bridgehead atoms. The Balaban J connectivity index is 5.22. The van der Waals surface area contributed by atoms with Gasteiger partial charge >= 0.3 is 39.5 Å². The van der Waals surface area contributed by atoms with E-state index < -0.39 is 97.5 Å². The van der Waals surface area contributed by atoms with Crippen LogP contribution in [0.25, 0.3) is 0 Å². The third-order valence-corrected chi connectivity index (χ3v) is 21.6. The van der Waals surface area contributed by atoms with Gasteiger partial charge in [-0.2, -0.15) is 0 Å². The molecule has 0 aliphatic rings. The molecule has 0 heterocycles. The lowest BCUT2D eigenvalue weighted by atomic mass is 9.99. The summed E-state index contributed by atoms with van der Waals surface area (Å²) >= 11 is 0. The summed E-state index contributed by atoms with van der Waals surface area (Å²) in [5.74, 6) is 1.01. The molecule has 6 atom stereocenters. The maximum Gasteiger partial charge on any atom is 0.472 e. The maximum absolute atomic E-state index is 13.1. The van der Waals surface area contributed by atoms with E-state index in [1.54, 1.807) is 0 Å². The summed E-state index contributed by atoms with van der Waals surface area (Å²) in [5.41, 5.74) is 0. The van der Waals surface area contributed by atoms with Crippen molar-refractivity contribution in [1.82, 2.24) is 0 Å². The molecule has 606 valence electrons. The first-order chi connectivity index (χ1) is 49.1. The Labute approximate surface area is 626 Å². The van der Waals surface area contributed by atoms with E-state index in [1.807, 2.05) is 0 Å². The molecule has 0 saturated heterocycles. The van der Waals surface area contributed by atoms with Crippen LogP contribution in [-0.4, -0.2) is 96.7 Å². The number of carbonyl (C=O) groups excluding carboxylic acids is 4. The number of carbonyl (C=O) groups is 4. The molecule has 0 amide bonds. The normalized spacial score (nSPS) is 14.3. The number of aliphatic hydroxyl groups excluding tert-OH is 1. The Hall–Kier alpha value is -1.94. The maximum atomic E-state index is 13.1. The molecule has 3 N–H and O–H groups in total. The molecule has 0 aromatic heterocycles. The molecular weight excluding hydrogens is 1330 g/mol. The number of phosphoric acid groups is 2. The second kappa shape index (κ2) is 72.0. The number of ether oxygens (including phenoxy) is 4. The van der Waals surface area contributed by atoms with E-state index in [4.69, 9.17) is 37.0 Å². The summed E-state index contributed by atoms with van der Waals surface area (Å²) < 4.78 is 68.8. The lowest BCUT2D eigenvalue weighted by molar-refractivity contribution is -0.161. The van der Waals surface area contributed by atoms with Crippen LogP contribution in [-0.2, 0) is 65.4 Å². The van der Waals surface area contributed by atoms with Gasteiger partial charge in [0, 0.05) is 25.7 Å². The zero-order valence-corrected chi connectivity index (χ0v) is 69.0. The van der Waals surface area contributed by atoms with Gasteiger partial charge in [-0.1, -0.05) is 376 Å². The van der Waals surface area contributed by atoms with E-state index >= 15 is 0 Å². The van der Waals surface area contributed by atoms with Crippen molar-refractivity contribution < 1.29 is 80.2 Å². The largest absolute Gasteiger partial charge is 0.472 e. The zero-order chi connectivity index (χ0) is 75.3. The number of unbranched alkanes of at least 4 members (excludes halogenated alkanes) is 45. The van der Waals surface area contributed by atoms with Gasteiger partial charge in [-0.05, 0) is 49.4 Å². The SMILES string of the molecule is CCC(C)CCCCCCCCCCC(=O)O[C@H](COC(=O)CCCCCCCCCCC(C)C)COP(=O)(O)OCC(O)COP(=O)(O)OC[C@@H](COC(=O)CCCCCCCCCCCCCCCCCCCCC(C)C)OC(=O)CCCCCCCCCCCCCCCCCC(C)C. The molecule has 0 saturated carbocycles. The minimum Gasteiger partial charge on any atom is -0.462 e. The van der Waals surface area contributed by atoms with Crippen LogP contribution in [0, 0.1) is 23.7 Å². The van der Waals surface area contributed by atoms with E-state index in [-0.39, 0.29) is 25.7 Å². The van der Waals surface area contributed by atoms with Gasteiger partial charge in [0.05, 0.1) is 26.4 Å². The van der Waals surface area contributed by atoms with Gasteiger partial charge in [0.25, 0.3) is 0 Å². The fraction of sp³-hybridized carbons (Fsp3) is 0.952. The van der Waals surface area contributed by atoms with Crippen LogP contribution in [0.2, 0.25) is 0 Å². The average molecular weight is 1490 g/mol. The molecule has 0 aromatic rings. The molecule has 19 heteroatoms. The standard InChI is InChI=1S/C83H162O17P2/c1-9-76(8)62-54-46-38-32-34-42-50-58-66-83(88)100-79(70-94-81(86)64-56-48-40-33-31-37-45-53-61-75(6)7)72-98-102(91,92)96-68-77(84)67-95-101(89,90)97-71-78(99-82(87)65-57-49-41-30-26-22-18-14-16-20-24-28-36-44-52-60-74(4)5)69-93-80(85)63-55-47-39-29-25-21-17-13-11-10-12-15-19-23-27-35-43-51-59-73(2)3/h73-79,84H,9-72H2,1-8H3,(H,89,90)(H,91,92)/t76?,77?,78-,79-/m1/s1. The van der Waals surface area contributed by atoms with Crippen molar-refractivity contribution in [3.63, 3.8) is 0 Å². The third-order valence-electron chi connectivity index (χ3n) is 19.7. The Kier molecular flexibility index (Phi) is 70.6. The van der Waals surface area contributed by atoms with Gasteiger partial charge < -0.3 is 33.8 Å². The molecule has 0 fully saturated rings. The summed E-state index contributed by atoms with van der Waals surface area (Å²) in [6.07, 6.45) is 59.8. The monoisotopic (exact) mass is 1490 g/mol. The Morgan fingerprint density at radius 3 is 0.696 bits per heavy atom. The highest BCUT2D eigenvalue weighted by Crippen LogP contribution is 2.45. The molecule has 0 rings (SSSR count). The van der Waals surface area contributed by atoms with Gasteiger partial charge in [0.1, 0.15) is 19.3 Å². The summed E-state index contributed by atoms with van der Waals surface area (Å²) in [6.45, 7) is 14.3. The number of esters is 4. The van der Waals surface area contributed by atoms with E-state index in [0.29, 0.717) is 25.7 Å².